The molecular formula is C14H23NO8. The first-order valence-corrected chi connectivity index (χ1v) is 7.33. The SMILES string of the molecule is O=C(O)CCCC(CCCC(=O)O)(CCCC(=O)O)NC(=O)O. The van der Waals surface area contributed by atoms with E-state index >= 15 is 0 Å². The van der Waals surface area contributed by atoms with Crippen LogP contribution >= 0.6 is 0 Å². The van der Waals surface area contributed by atoms with Gasteiger partial charge in [0.2, 0.25) is 0 Å². The van der Waals surface area contributed by atoms with E-state index < -0.39 is 29.5 Å². The highest BCUT2D eigenvalue weighted by Crippen LogP contribution is 2.28. The maximum atomic E-state index is 11.0. The molecule has 0 unspecified atom stereocenters. The Morgan fingerprint density at radius 3 is 1.17 bits per heavy atom. The van der Waals surface area contributed by atoms with Gasteiger partial charge in [-0.3, -0.25) is 14.4 Å². The highest BCUT2D eigenvalue weighted by atomic mass is 16.4. The van der Waals surface area contributed by atoms with Gasteiger partial charge in [-0.15, -0.1) is 0 Å². The average Bonchev–Trinajstić information content (AvgIpc) is 2.36. The molecule has 0 fully saturated rings. The Hall–Kier alpha value is -2.32. The minimum atomic E-state index is -1.30. The molecule has 5 N–H and O–H groups in total. The van der Waals surface area contributed by atoms with Gasteiger partial charge in [0.25, 0.3) is 0 Å². The lowest BCUT2D eigenvalue weighted by atomic mass is 9.82. The van der Waals surface area contributed by atoms with Crippen LogP contribution in [0.3, 0.4) is 0 Å². The fourth-order valence-corrected chi connectivity index (χ4v) is 2.52. The number of hydrogen-bond donors (Lipinski definition) is 5. The van der Waals surface area contributed by atoms with E-state index in [1.165, 1.54) is 0 Å². The van der Waals surface area contributed by atoms with Gasteiger partial charge in [-0.2, -0.15) is 0 Å². The maximum absolute atomic E-state index is 11.0. The molecule has 0 aliphatic heterocycles. The van der Waals surface area contributed by atoms with Crippen LogP contribution in [-0.4, -0.2) is 50.0 Å². The third-order valence-electron chi connectivity index (χ3n) is 3.51. The summed E-state index contributed by atoms with van der Waals surface area (Å²) in [7, 11) is 0. The van der Waals surface area contributed by atoms with Gasteiger partial charge in [0, 0.05) is 24.8 Å². The van der Waals surface area contributed by atoms with Crippen molar-refractivity contribution >= 4 is 24.0 Å². The molecule has 1 amide bonds. The van der Waals surface area contributed by atoms with Crippen molar-refractivity contribution < 1.29 is 39.6 Å². The Labute approximate surface area is 133 Å². The van der Waals surface area contributed by atoms with Crippen LogP contribution in [0.1, 0.15) is 57.8 Å². The van der Waals surface area contributed by atoms with Gasteiger partial charge in [-0.25, -0.2) is 4.79 Å². The van der Waals surface area contributed by atoms with Crippen molar-refractivity contribution in [1.29, 1.82) is 0 Å². The van der Waals surface area contributed by atoms with Crippen molar-refractivity contribution in [3.63, 3.8) is 0 Å². The zero-order valence-corrected chi connectivity index (χ0v) is 12.8. The van der Waals surface area contributed by atoms with Crippen LogP contribution < -0.4 is 5.32 Å². The number of hydrogen-bond acceptors (Lipinski definition) is 4. The predicted molar refractivity (Wildman–Crippen MR) is 78.4 cm³/mol. The van der Waals surface area contributed by atoms with Gasteiger partial charge in [0.15, 0.2) is 0 Å². The molecule has 0 aliphatic carbocycles. The van der Waals surface area contributed by atoms with Crippen LogP contribution in [0.25, 0.3) is 0 Å². The summed E-state index contributed by atoms with van der Waals surface area (Å²) in [6, 6.07) is 0. The molecule has 9 heteroatoms. The highest BCUT2D eigenvalue weighted by molar-refractivity contribution is 5.68. The van der Waals surface area contributed by atoms with Crippen molar-refractivity contribution in [3.8, 4) is 0 Å². The van der Waals surface area contributed by atoms with Crippen LogP contribution in [-0.2, 0) is 14.4 Å². The first kappa shape index (κ1) is 20.7. The number of amides is 1. The van der Waals surface area contributed by atoms with Crippen LogP contribution in [0.15, 0.2) is 0 Å². The molecule has 23 heavy (non-hydrogen) atoms. The van der Waals surface area contributed by atoms with E-state index in [1.54, 1.807) is 0 Å². The fraction of sp³-hybridized carbons (Fsp3) is 0.714. The molecule has 0 spiro atoms. The largest absolute Gasteiger partial charge is 0.481 e. The molecule has 0 aromatic carbocycles. The zero-order chi connectivity index (χ0) is 17.9. The Morgan fingerprint density at radius 1 is 0.652 bits per heavy atom. The molecule has 132 valence electrons. The molecule has 0 bridgehead atoms. The first-order chi connectivity index (χ1) is 10.7. The number of rotatable bonds is 13. The number of carboxylic acids is 3. The van der Waals surface area contributed by atoms with E-state index in [0.29, 0.717) is 0 Å². The Bertz CT molecular complexity index is 384. The number of carboxylic acid groups (broad SMARTS) is 4. The Balaban J connectivity index is 4.91. The molecule has 0 radical (unpaired) electrons. The maximum Gasteiger partial charge on any atom is 0.405 e. The Kier molecular flexibility index (Phi) is 9.36. The molecule has 9 nitrogen and oxygen atoms in total. The van der Waals surface area contributed by atoms with Gasteiger partial charge >= 0.3 is 24.0 Å². The van der Waals surface area contributed by atoms with Crippen LogP contribution in [0, 0.1) is 0 Å². The van der Waals surface area contributed by atoms with Crippen molar-refractivity contribution in [2.75, 3.05) is 0 Å². The van der Waals surface area contributed by atoms with Crippen molar-refractivity contribution in [3.05, 3.63) is 0 Å². The minimum Gasteiger partial charge on any atom is -0.481 e. The van der Waals surface area contributed by atoms with Gasteiger partial charge in [0.1, 0.15) is 0 Å². The molecule has 0 saturated carbocycles. The van der Waals surface area contributed by atoms with E-state index in [1.807, 2.05) is 0 Å². The standard InChI is InChI=1S/C14H23NO8/c16-10(17)4-1-7-14(15-13(22)23,8-2-5-11(18)19)9-3-6-12(20)21/h15H,1-9H2,(H,16,17)(H,18,19)(H,20,21)(H,22,23). The summed E-state index contributed by atoms with van der Waals surface area (Å²) in [6.07, 6.45) is -0.421. The number of carbonyl (C=O) groups is 4. The molecule has 0 rings (SSSR count). The highest BCUT2D eigenvalue weighted by Gasteiger charge is 2.31. The summed E-state index contributed by atoms with van der Waals surface area (Å²) in [4.78, 5) is 42.9. The molecule has 0 aliphatic rings. The van der Waals surface area contributed by atoms with Gasteiger partial charge < -0.3 is 25.7 Å². The van der Waals surface area contributed by atoms with Crippen LogP contribution in [0.4, 0.5) is 4.79 Å². The quantitative estimate of drug-likeness (QED) is 0.340. The monoisotopic (exact) mass is 333 g/mol. The minimum absolute atomic E-state index is 0.138. The summed E-state index contributed by atoms with van der Waals surface area (Å²) in [5.74, 6) is -3.03. The summed E-state index contributed by atoms with van der Waals surface area (Å²) in [5.41, 5.74) is -1.01. The molecule has 0 aromatic heterocycles. The van der Waals surface area contributed by atoms with E-state index in [2.05, 4.69) is 5.32 Å². The Morgan fingerprint density at radius 2 is 0.957 bits per heavy atom. The predicted octanol–water partition coefficient (Wildman–Crippen LogP) is 1.76. The third-order valence-corrected chi connectivity index (χ3v) is 3.51. The van der Waals surface area contributed by atoms with Crippen LogP contribution in [0.2, 0.25) is 0 Å². The number of nitrogens with one attached hydrogen (secondary N) is 1. The second kappa shape index (κ2) is 10.4. The van der Waals surface area contributed by atoms with Crippen LogP contribution in [0.5, 0.6) is 0 Å². The molecule has 0 heterocycles. The lowest BCUT2D eigenvalue weighted by Gasteiger charge is -2.34. The smallest absolute Gasteiger partial charge is 0.405 e. The second-order valence-corrected chi connectivity index (χ2v) is 5.45. The summed E-state index contributed by atoms with van der Waals surface area (Å²) in [6.45, 7) is 0. The molecular weight excluding hydrogens is 310 g/mol. The summed E-state index contributed by atoms with van der Waals surface area (Å²) in [5, 5.41) is 37.5. The van der Waals surface area contributed by atoms with E-state index in [9.17, 15) is 19.2 Å². The first-order valence-electron chi connectivity index (χ1n) is 7.33. The average molecular weight is 333 g/mol. The normalized spacial score (nSPS) is 11.0. The lowest BCUT2D eigenvalue weighted by molar-refractivity contribution is -0.138. The molecule has 0 saturated heterocycles. The van der Waals surface area contributed by atoms with Crippen molar-refractivity contribution in [2.24, 2.45) is 0 Å². The van der Waals surface area contributed by atoms with Gasteiger partial charge in [-0.1, -0.05) is 0 Å². The molecule has 0 atom stereocenters. The summed E-state index contributed by atoms with van der Waals surface area (Å²) < 4.78 is 0. The fourth-order valence-electron chi connectivity index (χ4n) is 2.52. The second-order valence-electron chi connectivity index (χ2n) is 5.45. The van der Waals surface area contributed by atoms with E-state index in [-0.39, 0.29) is 57.8 Å². The zero-order valence-electron chi connectivity index (χ0n) is 12.8. The van der Waals surface area contributed by atoms with E-state index in [0.717, 1.165) is 0 Å². The van der Waals surface area contributed by atoms with Crippen molar-refractivity contribution in [1.82, 2.24) is 5.32 Å². The van der Waals surface area contributed by atoms with Gasteiger partial charge in [-0.05, 0) is 38.5 Å². The third kappa shape index (κ3) is 11.0. The molecule has 0 aromatic rings. The topological polar surface area (TPSA) is 161 Å². The van der Waals surface area contributed by atoms with E-state index in [4.69, 9.17) is 20.4 Å². The number of aliphatic carboxylic acids is 3. The van der Waals surface area contributed by atoms with Crippen molar-refractivity contribution in [2.45, 2.75) is 63.3 Å². The lowest BCUT2D eigenvalue weighted by Crippen LogP contribution is -2.48. The summed E-state index contributed by atoms with van der Waals surface area (Å²) >= 11 is 0. The van der Waals surface area contributed by atoms with Gasteiger partial charge in [0.05, 0.1) is 0 Å².